The highest BCUT2D eigenvalue weighted by molar-refractivity contribution is 6.08. The number of nitrogens with one attached hydrogen (secondary N) is 2. The number of rotatable bonds is 19. The minimum atomic E-state index is -0.407. The molecule has 0 saturated carbocycles. The molecule has 0 unspecified atom stereocenters. The molecule has 2 amide bonds. The highest BCUT2D eigenvalue weighted by Crippen LogP contribution is 2.35. The Morgan fingerprint density at radius 2 is 1.47 bits per heavy atom. The summed E-state index contributed by atoms with van der Waals surface area (Å²) in [5.74, 6) is 3.37. The van der Waals surface area contributed by atoms with Crippen LogP contribution in [0.1, 0.15) is 11.4 Å². The van der Waals surface area contributed by atoms with Crippen molar-refractivity contribution in [1.29, 1.82) is 0 Å². The molecule has 0 bridgehead atoms. The maximum atomic E-state index is 13.3. The van der Waals surface area contributed by atoms with Crippen LogP contribution < -0.4 is 34.5 Å². The molecule has 0 atom stereocenters. The van der Waals surface area contributed by atoms with Crippen LogP contribution in [-0.4, -0.2) is 103 Å². The standard InChI is InChI=1S/C41H47N5O9/c1-48-18-19-52-20-21-53-22-23-54-32-25-29(24-31(28-32)49-2)26-39-42-13-12-40(45-39)55-37-11-9-35(33-6-4-5-7-34(33)37)43-41(47)44-36-27-30(8-10-38(36)50-3)46-14-16-51-17-15-46/h4-13,24-25,27-28H,14-23,26H2,1-3H3,(H2,43,44,47). The molecule has 14 heteroatoms. The van der Waals surface area contributed by atoms with Crippen LogP contribution >= 0.6 is 0 Å². The third kappa shape index (κ3) is 11.2. The number of fused-ring (bicyclic) bond motifs is 1. The average molecular weight is 754 g/mol. The predicted octanol–water partition coefficient (Wildman–Crippen LogP) is 6.57. The molecule has 2 heterocycles. The number of methoxy groups -OCH3 is 3. The Morgan fingerprint density at radius 1 is 0.745 bits per heavy atom. The van der Waals surface area contributed by atoms with Gasteiger partial charge in [0.05, 0.1) is 71.8 Å². The van der Waals surface area contributed by atoms with E-state index in [2.05, 4.69) is 20.5 Å². The smallest absolute Gasteiger partial charge is 0.323 e. The van der Waals surface area contributed by atoms with Crippen LogP contribution in [0.15, 0.2) is 85.1 Å². The number of aromatic nitrogens is 2. The maximum absolute atomic E-state index is 13.3. The van der Waals surface area contributed by atoms with Crippen LogP contribution in [0.25, 0.3) is 10.8 Å². The summed E-state index contributed by atoms with van der Waals surface area (Å²) in [4.78, 5) is 24.7. The first kappa shape index (κ1) is 39.0. The second-order valence-corrected chi connectivity index (χ2v) is 12.4. The van der Waals surface area contributed by atoms with Gasteiger partial charge in [0.25, 0.3) is 0 Å². The normalized spacial score (nSPS) is 12.7. The van der Waals surface area contributed by atoms with Gasteiger partial charge in [-0.25, -0.2) is 9.78 Å². The third-order valence-corrected chi connectivity index (χ3v) is 8.67. The molecule has 14 nitrogen and oxygen atoms in total. The summed E-state index contributed by atoms with van der Waals surface area (Å²) in [6.45, 7) is 5.72. The van der Waals surface area contributed by atoms with Crippen molar-refractivity contribution in [2.45, 2.75) is 6.42 Å². The van der Waals surface area contributed by atoms with Crippen LogP contribution in [0.5, 0.6) is 28.9 Å². The molecule has 0 spiro atoms. The van der Waals surface area contributed by atoms with Gasteiger partial charge in [-0.3, -0.25) is 0 Å². The van der Waals surface area contributed by atoms with Crippen LogP contribution in [0.4, 0.5) is 21.9 Å². The lowest BCUT2D eigenvalue weighted by molar-refractivity contribution is 0.0179. The topological polar surface area (TPSA) is 144 Å². The summed E-state index contributed by atoms with van der Waals surface area (Å²) in [5, 5.41) is 7.55. The summed E-state index contributed by atoms with van der Waals surface area (Å²) in [5.41, 5.74) is 3.06. The minimum Gasteiger partial charge on any atom is -0.497 e. The number of benzene rings is 4. The molecular weight excluding hydrogens is 706 g/mol. The number of morpholine rings is 1. The lowest BCUT2D eigenvalue weighted by Gasteiger charge is -2.29. The van der Waals surface area contributed by atoms with E-state index in [-0.39, 0.29) is 0 Å². The van der Waals surface area contributed by atoms with Crippen LogP contribution in [0, 0.1) is 0 Å². The van der Waals surface area contributed by atoms with Crippen LogP contribution in [0.3, 0.4) is 0 Å². The third-order valence-electron chi connectivity index (χ3n) is 8.67. The second kappa shape index (κ2) is 20.1. The fraction of sp³-hybridized carbons (Fsp3) is 0.341. The van der Waals surface area contributed by atoms with Crippen molar-refractivity contribution < 1.29 is 42.7 Å². The van der Waals surface area contributed by atoms with Crippen molar-refractivity contribution in [3.05, 3.63) is 96.4 Å². The van der Waals surface area contributed by atoms with E-state index in [0.717, 1.165) is 35.1 Å². The molecule has 1 aromatic heterocycles. The number of anilines is 3. The maximum Gasteiger partial charge on any atom is 0.323 e. The van der Waals surface area contributed by atoms with Crippen LogP contribution in [-0.2, 0) is 25.4 Å². The predicted molar refractivity (Wildman–Crippen MR) is 210 cm³/mol. The Bertz CT molecular complexity index is 2010. The quantitative estimate of drug-likeness (QED) is 0.0881. The van der Waals surface area contributed by atoms with E-state index in [1.807, 2.05) is 66.7 Å². The minimum absolute atomic E-state index is 0.370. The fourth-order valence-corrected chi connectivity index (χ4v) is 5.99. The number of hydrogen-bond acceptors (Lipinski definition) is 12. The monoisotopic (exact) mass is 753 g/mol. The van der Waals surface area contributed by atoms with E-state index in [1.54, 1.807) is 39.7 Å². The highest BCUT2D eigenvalue weighted by atomic mass is 16.6. The van der Waals surface area contributed by atoms with Crippen molar-refractivity contribution in [3.8, 4) is 28.9 Å². The lowest BCUT2D eigenvalue weighted by atomic mass is 10.1. The van der Waals surface area contributed by atoms with Gasteiger partial charge in [0.1, 0.15) is 35.4 Å². The van der Waals surface area contributed by atoms with Gasteiger partial charge in [0, 0.05) is 61.4 Å². The summed E-state index contributed by atoms with van der Waals surface area (Å²) in [6.07, 6.45) is 2.08. The Hall–Kier alpha value is -5.67. The number of amides is 2. The largest absolute Gasteiger partial charge is 0.497 e. The zero-order chi connectivity index (χ0) is 38.2. The molecule has 1 aliphatic heterocycles. The summed E-state index contributed by atoms with van der Waals surface area (Å²) >= 11 is 0. The second-order valence-electron chi connectivity index (χ2n) is 12.4. The molecule has 0 aliphatic carbocycles. The Kier molecular flexibility index (Phi) is 14.3. The van der Waals surface area contributed by atoms with Gasteiger partial charge in [-0.2, -0.15) is 4.98 Å². The summed E-state index contributed by atoms with van der Waals surface area (Å²) in [6, 6.07) is 24.0. The van der Waals surface area contributed by atoms with E-state index < -0.39 is 6.03 Å². The zero-order valence-electron chi connectivity index (χ0n) is 31.4. The Balaban J connectivity index is 1.09. The van der Waals surface area contributed by atoms with Crippen LogP contribution in [0.2, 0.25) is 0 Å². The molecule has 1 fully saturated rings. The Labute approximate surface area is 320 Å². The van der Waals surface area contributed by atoms with Gasteiger partial charge in [0.15, 0.2) is 0 Å². The first-order valence-electron chi connectivity index (χ1n) is 18.1. The van der Waals surface area contributed by atoms with E-state index in [1.165, 1.54) is 0 Å². The number of urea groups is 1. The molecule has 2 N–H and O–H groups in total. The van der Waals surface area contributed by atoms with E-state index in [4.69, 9.17) is 42.9 Å². The molecule has 6 rings (SSSR count). The summed E-state index contributed by atoms with van der Waals surface area (Å²) < 4.78 is 44.8. The first-order valence-corrected chi connectivity index (χ1v) is 18.1. The van der Waals surface area contributed by atoms with Gasteiger partial charge in [0.2, 0.25) is 5.88 Å². The number of ether oxygens (including phenoxy) is 8. The van der Waals surface area contributed by atoms with Crippen molar-refractivity contribution in [2.75, 3.05) is 103 Å². The van der Waals surface area contributed by atoms with Gasteiger partial charge < -0.3 is 53.4 Å². The Morgan fingerprint density at radius 3 is 2.25 bits per heavy atom. The molecule has 5 aromatic rings. The molecule has 55 heavy (non-hydrogen) atoms. The number of hydrogen-bond donors (Lipinski definition) is 2. The van der Waals surface area contributed by atoms with Gasteiger partial charge in [-0.15, -0.1) is 0 Å². The zero-order valence-corrected chi connectivity index (χ0v) is 31.4. The van der Waals surface area contributed by atoms with Crippen molar-refractivity contribution in [1.82, 2.24) is 9.97 Å². The number of carbonyl (C=O) groups excluding carboxylic acids is 1. The first-order chi connectivity index (χ1) is 27.0. The molecule has 1 aliphatic rings. The summed E-state index contributed by atoms with van der Waals surface area (Å²) in [7, 11) is 4.83. The van der Waals surface area contributed by atoms with E-state index >= 15 is 0 Å². The van der Waals surface area contributed by atoms with E-state index in [9.17, 15) is 4.79 Å². The van der Waals surface area contributed by atoms with E-state index in [0.29, 0.717) is 105 Å². The number of nitrogens with zero attached hydrogens (tertiary/aromatic N) is 3. The molecule has 4 aromatic carbocycles. The molecule has 0 radical (unpaired) electrons. The van der Waals surface area contributed by atoms with Gasteiger partial charge >= 0.3 is 6.03 Å². The molecular formula is C41H47N5O9. The van der Waals surface area contributed by atoms with Crippen molar-refractivity contribution >= 4 is 33.9 Å². The fourth-order valence-electron chi connectivity index (χ4n) is 5.99. The van der Waals surface area contributed by atoms with Gasteiger partial charge in [-0.1, -0.05) is 24.3 Å². The van der Waals surface area contributed by atoms with Crippen molar-refractivity contribution in [3.63, 3.8) is 0 Å². The van der Waals surface area contributed by atoms with Gasteiger partial charge in [-0.05, 0) is 48.0 Å². The van der Waals surface area contributed by atoms with Crippen molar-refractivity contribution in [2.24, 2.45) is 0 Å². The molecule has 1 saturated heterocycles. The molecule has 290 valence electrons. The SMILES string of the molecule is COCCOCCOCCOc1cc(Cc2nccc(Oc3ccc(NC(=O)Nc4cc(N5CCOCC5)ccc4OC)c4ccccc34)n2)cc(OC)c1. The number of carbonyl (C=O) groups is 1. The average Bonchev–Trinajstić information content (AvgIpc) is 3.21. The highest BCUT2D eigenvalue weighted by Gasteiger charge is 2.17. The lowest BCUT2D eigenvalue weighted by Crippen LogP contribution is -2.36.